The third-order valence-electron chi connectivity index (χ3n) is 2.35. The molecule has 1 heterocycles. The summed E-state index contributed by atoms with van der Waals surface area (Å²) in [7, 11) is 0. The van der Waals surface area contributed by atoms with Gasteiger partial charge in [-0.15, -0.1) is 0 Å². The number of hydrogen-bond donors (Lipinski definition) is 2. The number of phenols is 1. The van der Waals surface area contributed by atoms with Crippen LogP contribution in [-0.2, 0) is 0 Å². The number of nitrogens with one attached hydrogen (secondary N) is 1. The van der Waals surface area contributed by atoms with Crippen LogP contribution in [0.1, 0.15) is 18.0 Å². The van der Waals surface area contributed by atoms with Gasteiger partial charge in [0.1, 0.15) is 5.75 Å². The molecular formula is C9H8F3NO. The van der Waals surface area contributed by atoms with Crippen molar-refractivity contribution in [3.05, 3.63) is 29.1 Å². The van der Waals surface area contributed by atoms with Gasteiger partial charge in [-0.2, -0.15) is 0 Å². The van der Waals surface area contributed by atoms with E-state index in [1.165, 1.54) is 0 Å². The van der Waals surface area contributed by atoms with Crippen molar-refractivity contribution in [3.63, 3.8) is 0 Å². The van der Waals surface area contributed by atoms with Gasteiger partial charge in [0.2, 0.25) is 0 Å². The van der Waals surface area contributed by atoms with Gasteiger partial charge in [0.15, 0.2) is 17.5 Å². The van der Waals surface area contributed by atoms with Crippen molar-refractivity contribution in [1.29, 1.82) is 0 Å². The Hall–Kier alpha value is -1.23. The van der Waals surface area contributed by atoms with Crippen LogP contribution >= 0.6 is 0 Å². The topological polar surface area (TPSA) is 32.3 Å². The molecule has 1 aromatic rings. The normalized spacial score (nSPS) is 20.6. The molecule has 76 valence electrons. The Bertz CT molecular complexity index is 377. The SMILES string of the molecule is Oc1cc(F)c(F)c(F)c1C1CCN1. The Labute approximate surface area is 78.4 Å². The van der Waals surface area contributed by atoms with Crippen LogP contribution in [0.5, 0.6) is 5.75 Å². The molecule has 0 spiro atoms. The molecule has 0 radical (unpaired) electrons. The monoisotopic (exact) mass is 203 g/mol. The van der Waals surface area contributed by atoms with Crippen LogP contribution in [0.2, 0.25) is 0 Å². The van der Waals surface area contributed by atoms with Gasteiger partial charge in [0.25, 0.3) is 0 Å². The number of halogens is 3. The lowest BCUT2D eigenvalue weighted by Gasteiger charge is -2.28. The predicted molar refractivity (Wildman–Crippen MR) is 43.3 cm³/mol. The molecule has 0 aliphatic carbocycles. The molecule has 1 aliphatic rings. The van der Waals surface area contributed by atoms with Gasteiger partial charge < -0.3 is 10.4 Å². The average Bonchev–Trinajstić information content (AvgIpc) is 2.05. The second kappa shape index (κ2) is 3.16. The summed E-state index contributed by atoms with van der Waals surface area (Å²) in [5.41, 5.74) is -0.185. The summed E-state index contributed by atoms with van der Waals surface area (Å²) in [6, 6.07) is 0.179. The highest BCUT2D eigenvalue weighted by Crippen LogP contribution is 2.34. The van der Waals surface area contributed by atoms with E-state index in [2.05, 4.69) is 5.32 Å². The minimum Gasteiger partial charge on any atom is -0.507 e. The zero-order valence-electron chi connectivity index (χ0n) is 7.15. The first-order valence-corrected chi connectivity index (χ1v) is 4.21. The first-order chi connectivity index (χ1) is 6.61. The molecule has 1 atom stereocenters. The maximum absolute atomic E-state index is 13.2. The van der Waals surface area contributed by atoms with Crippen LogP contribution < -0.4 is 5.32 Å². The first kappa shape index (κ1) is 9.33. The number of benzene rings is 1. The lowest BCUT2D eigenvalue weighted by Crippen LogP contribution is -2.35. The van der Waals surface area contributed by atoms with Gasteiger partial charge in [0.05, 0.1) is 0 Å². The van der Waals surface area contributed by atoms with Crippen LogP contribution in [0.15, 0.2) is 6.07 Å². The third-order valence-corrected chi connectivity index (χ3v) is 2.35. The molecule has 0 saturated carbocycles. The van der Waals surface area contributed by atoms with Crippen LogP contribution in [0.3, 0.4) is 0 Å². The van der Waals surface area contributed by atoms with Crippen LogP contribution in [0.4, 0.5) is 13.2 Å². The molecule has 14 heavy (non-hydrogen) atoms. The van der Waals surface area contributed by atoms with Crippen molar-refractivity contribution in [3.8, 4) is 5.75 Å². The van der Waals surface area contributed by atoms with Crippen molar-refractivity contribution in [2.24, 2.45) is 0 Å². The van der Waals surface area contributed by atoms with E-state index in [4.69, 9.17) is 0 Å². The van der Waals surface area contributed by atoms with Crippen LogP contribution in [0.25, 0.3) is 0 Å². The molecule has 0 bridgehead atoms. The second-order valence-electron chi connectivity index (χ2n) is 3.21. The standard InChI is InChI=1S/C9H8F3NO/c10-4-3-6(14)7(5-1-2-13-5)9(12)8(4)11/h3,5,13-14H,1-2H2. The fraction of sp³-hybridized carbons (Fsp3) is 0.333. The highest BCUT2D eigenvalue weighted by atomic mass is 19.2. The van der Waals surface area contributed by atoms with Crippen molar-refractivity contribution in [1.82, 2.24) is 5.32 Å². The minimum atomic E-state index is -1.54. The van der Waals surface area contributed by atoms with Crippen LogP contribution in [0, 0.1) is 17.5 Å². The molecule has 0 amide bonds. The Morgan fingerprint density at radius 2 is 1.93 bits per heavy atom. The predicted octanol–water partition coefficient (Wildman–Crippen LogP) is 1.84. The molecule has 1 aromatic carbocycles. The second-order valence-corrected chi connectivity index (χ2v) is 3.21. The Kier molecular flexibility index (Phi) is 2.11. The molecule has 1 fully saturated rings. The largest absolute Gasteiger partial charge is 0.507 e. The van der Waals surface area contributed by atoms with Crippen LogP contribution in [-0.4, -0.2) is 11.7 Å². The van der Waals surface area contributed by atoms with Gasteiger partial charge in [-0.1, -0.05) is 0 Å². The van der Waals surface area contributed by atoms with E-state index >= 15 is 0 Å². The molecular weight excluding hydrogens is 195 g/mol. The van der Waals surface area contributed by atoms with Gasteiger partial charge in [-0.05, 0) is 13.0 Å². The summed E-state index contributed by atoms with van der Waals surface area (Å²) in [5.74, 6) is -4.76. The molecule has 2 nitrogen and oxygen atoms in total. The summed E-state index contributed by atoms with van der Waals surface area (Å²) in [6.45, 7) is 0.683. The Morgan fingerprint density at radius 1 is 1.29 bits per heavy atom. The summed E-state index contributed by atoms with van der Waals surface area (Å²) in [4.78, 5) is 0. The minimum absolute atomic E-state index is 0.185. The van der Waals surface area contributed by atoms with E-state index in [0.717, 1.165) is 0 Å². The number of rotatable bonds is 1. The lowest BCUT2D eigenvalue weighted by molar-refractivity contribution is 0.335. The highest BCUT2D eigenvalue weighted by molar-refractivity contribution is 5.38. The van der Waals surface area contributed by atoms with Gasteiger partial charge in [-0.25, -0.2) is 13.2 Å². The van der Waals surface area contributed by atoms with Gasteiger partial charge in [0, 0.05) is 17.7 Å². The van der Waals surface area contributed by atoms with E-state index < -0.39 is 29.2 Å². The zero-order valence-corrected chi connectivity index (χ0v) is 7.15. The smallest absolute Gasteiger partial charge is 0.195 e. The quantitative estimate of drug-likeness (QED) is 0.682. The van der Waals surface area contributed by atoms with Crippen molar-refractivity contribution < 1.29 is 18.3 Å². The molecule has 1 unspecified atom stereocenters. The molecule has 1 aliphatic heterocycles. The number of phenolic OH excluding ortho intramolecular Hbond substituents is 1. The van der Waals surface area contributed by atoms with E-state index in [1.54, 1.807) is 0 Å². The summed E-state index contributed by atoms with van der Waals surface area (Å²) >= 11 is 0. The molecule has 0 aromatic heterocycles. The van der Waals surface area contributed by atoms with Crippen molar-refractivity contribution in [2.45, 2.75) is 12.5 Å². The maximum atomic E-state index is 13.2. The zero-order chi connectivity index (χ0) is 10.3. The van der Waals surface area contributed by atoms with E-state index in [-0.39, 0.29) is 5.56 Å². The summed E-state index contributed by atoms with van der Waals surface area (Å²) in [5, 5.41) is 12.0. The van der Waals surface area contributed by atoms with Crippen molar-refractivity contribution in [2.75, 3.05) is 6.54 Å². The van der Waals surface area contributed by atoms with Gasteiger partial charge in [-0.3, -0.25) is 0 Å². The van der Waals surface area contributed by atoms with E-state index in [0.29, 0.717) is 19.0 Å². The summed E-state index contributed by atoms with van der Waals surface area (Å²) in [6.07, 6.45) is 0.607. The fourth-order valence-corrected chi connectivity index (χ4v) is 1.46. The number of hydrogen-bond acceptors (Lipinski definition) is 2. The van der Waals surface area contributed by atoms with E-state index in [9.17, 15) is 18.3 Å². The molecule has 2 rings (SSSR count). The highest BCUT2D eigenvalue weighted by Gasteiger charge is 2.28. The average molecular weight is 203 g/mol. The number of aromatic hydroxyl groups is 1. The molecule has 5 heteroatoms. The Balaban J connectivity index is 2.52. The molecule has 2 N–H and O–H groups in total. The Morgan fingerprint density at radius 3 is 2.43 bits per heavy atom. The first-order valence-electron chi connectivity index (χ1n) is 4.21. The lowest BCUT2D eigenvalue weighted by atomic mass is 9.96. The maximum Gasteiger partial charge on any atom is 0.195 e. The van der Waals surface area contributed by atoms with Gasteiger partial charge >= 0.3 is 0 Å². The van der Waals surface area contributed by atoms with E-state index in [1.807, 2.05) is 0 Å². The summed E-state index contributed by atoms with van der Waals surface area (Å²) < 4.78 is 38.6. The third kappa shape index (κ3) is 1.24. The van der Waals surface area contributed by atoms with Crippen molar-refractivity contribution >= 4 is 0 Å². The fourth-order valence-electron chi connectivity index (χ4n) is 1.46. The molecule has 1 saturated heterocycles.